The normalized spacial score (nSPS) is 17.2. The Morgan fingerprint density at radius 1 is 0.667 bits per heavy atom. The van der Waals surface area contributed by atoms with Crippen LogP contribution in [0.15, 0.2) is 24.3 Å². The van der Waals surface area contributed by atoms with E-state index in [2.05, 4.69) is 52.0 Å². The van der Waals surface area contributed by atoms with Crippen molar-refractivity contribution in [3.8, 4) is 0 Å². The standard InChI is InChI=1S/C23H26O/c1-13-15(3)21(11-9-19(13)17-5-6-17)23(24)22-12-10-20(18-7-8-18)14(2)16(22)4/h9-12,17-18H,5-8H2,1-4H3. The van der Waals surface area contributed by atoms with Crippen molar-refractivity contribution in [1.29, 1.82) is 0 Å². The van der Waals surface area contributed by atoms with Gasteiger partial charge in [0.25, 0.3) is 0 Å². The predicted octanol–water partition coefficient (Wildman–Crippen LogP) is 5.91. The topological polar surface area (TPSA) is 17.1 Å². The van der Waals surface area contributed by atoms with Crippen molar-refractivity contribution >= 4 is 5.78 Å². The molecule has 2 aromatic carbocycles. The van der Waals surface area contributed by atoms with Gasteiger partial charge in [-0.05, 0) is 98.6 Å². The number of hydrogen-bond donors (Lipinski definition) is 0. The maximum Gasteiger partial charge on any atom is 0.193 e. The van der Waals surface area contributed by atoms with Gasteiger partial charge in [0.2, 0.25) is 0 Å². The van der Waals surface area contributed by atoms with Crippen LogP contribution in [-0.2, 0) is 0 Å². The van der Waals surface area contributed by atoms with E-state index < -0.39 is 0 Å². The lowest BCUT2D eigenvalue weighted by molar-refractivity contribution is 0.103. The van der Waals surface area contributed by atoms with Crippen LogP contribution in [0.25, 0.3) is 0 Å². The van der Waals surface area contributed by atoms with Crippen LogP contribution in [0.5, 0.6) is 0 Å². The highest BCUT2D eigenvalue weighted by molar-refractivity contribution is 6.11. The lowest BCUT2D eigenvalue weighted by Crippen LogP contribution is -2.09. The van der Waals surface area contributed by atoms with Crippen LogP contribution in [0, 0.1) is 27.7 Å². The van der Waals surface area contributed by atoms with Crippen molar-refractivity contribution < 1.29 is 4.79 Å². The van der Waals surface area contributed by atoms with Crippen molar-refractivity contribution in [2.75, 3.05) is 0 Å². The van der Waals surface area contributed by atoms with E-state index in [9.17, 15) is 4.79 Å². The Morgan fingerprint density at radius 2 is 1.04 bits per heavy atom. The monoisotopic (exact) mass is 318 g/mol. The second-order valence-corrected chi connectivity index (χ2v) is 7.78. The molecular weight excluding hydrogens is 292 g/mol. The van der Waals surface area contributed by atoms with E-state index in [-0.39, 0.29) is 5.78 Å². The Labute approximate surface area is 145 Å². The van der Waals surface area contributed by atoms with Gasteiger partial charge in [0.15, 0.2) is 5.78 Å². The van der Waals surface area contributed by atoms with Gasteiger partial charge in [-0.3, -0.25) is 4.79 Å². The first-order valence-corrected chi connectivity index (χ1v) is 9.24. The molecule has 2 fully saturated rings. The third kappa shape index (κ3) is 2.51. The van der Waals surface area contributed by atoms with E-state index in [1.54, 1.807) is 0 Å². The summed E-state index contributed by atoms with van der Waals surface area (Å²) in [4.78, 5) is 13.2. The van der Waals surface area contributed by atoms with Crippen LogP contribution in [-0.4, -0.2) is 5.78 Å². The van der Waals surface area contributed by atoms with E-state index >= 15 is 0 Å². The second-order valence-electron chi connectivity index (χ2n) is 7.78. The van der Waals surface area contributed by atoms with Crippen LogP contribution in [0.4, 0.5) is 0 Å². The van der Waals surface area contributed by atoms with Gasteiger partial charge >= 0.3 is 0 Å². The van der Waals surface area contributed by atoms with Gasteiger partial charge < -0.3 is 0 Å². The summed E-state index contributed by atoms with van der Waals surface area (Å²) in [5.41, 5.74) is 9.58. The number of ketones is 1. The number of carbonyl (C=O) groups excluding carboxylic acids is 1. The molecule has 2 saturated carbocycles. The highest BCUT2D eigenvalue weighted by atomic mass is 16.1. The number of rotatable bonds is 4. The third-order valence-electron chi connectivity index (χ3n) is 6.18. The minimum absolute atomic E-state index is 0.181. The fraction of sp³-hybridized carbons (Fsp3) is 0.435. The van der Waals surface area contributed by atoms with Crippen molar-refractivity contribution in [1.82, 2.24) is 0 Å². The molecule has 0 saturated heterocycles. The Hall–Kier alpha value is -1.89. The summed E-state index contributed by atoms with van der Waals surface area (Å²) < 4.78 is 0. The molecule has 0 bridgehead atoms. The lowest BCUT2D eigenvalue weighted by atomic mass is 9.88. The molecule has 2 aromatic rings. The van der Waals surface area contributed by atoms with E-state index in [1.807, 2.05) is 0 Å². The molecule has 2 aliphatic rings. The first-order valence-electron chi connectivity index (χ1n) is 9.24. The average molecular weight is 318 g/mol. The quantitative estimate of drug-likeness (QED) is 0.641. The zero-order chi connectivity index (χ0) is 17.0. The van der Waals surface area contributed by atoms with Crippen molar-refractivity contribution in [2.24, 2.45) is 0 Å². The number of carbonyl (C=O) groups is 1. The maximum absolute atomic E-state index is 13.2. The van der Waals surface area contributed by atoms with Crippen LogP contribution in [0.3, 0.4) is 0 Å². The van der Waals surface area contributed by atoms with Gasteiger partial charge in [0.1, 0.15) is 0 Å². The number of benzene rings is 2. The first-order chi connectivity index (χ1) is 11.5. The molecule has 0 aromatic heterocycles. The molecule has 24 heavy (non-hydrogen) atoms. The minimum Gasteiger partial charge on any atom is -0.289 e. The summed E-state index contributed by atoms with van der Waals surface area (Å²) in [7, 11) is 0. The largest absolute Gasteiger partial charge is 0.289 e. The molecular formula is C23H26O. The van der Waals surface area contributed by atoms with Crippen LogP contribution >= 0.6 is 0 Å². The van der Waals surface area contributed by atoms with Gasteiger partial charge in [0, 0.05) is 11.1 Å². The summed E-state index contributed by atoms with van der Waals surface area (Å²) in [6, 6.07) is 8.49. The van der Waals surface area contributed by atoms with Gasteiger partial charge in [0.05, 0.1) is 0 Å². The Kier molecular flexibility index (Phi) is 3.63. The van der Waals surface area contributed by atoms with E-state index in [4.69, 9.17) is 0 Å². The molecule has 0 aliphatic heterocycles. The summed E-state index contributed by atoms with van der Waals surface area (Å²) >= 11 is 0. The Bertz CT molecular complexity index is 766. The van der Waals surface area contributed by atoms with Crippen molar-refractivity contribution in [2.45, 2.75) is 65.2 Å². The summed E-state index contributed by atoms with van der Waals surface area (Å²) in [5.74, 6) is 1.64. The molecule has 0 radical (unpaired) electrons. The fourth-order valence-corrected chi connectivity index (χ4v) is 3.99. The molecule has 2 aliphatic carbocycles. The average Bonchev–Trinajstić information content (AvgIpc) is 3.45. The van der Waals surface area contributed by atoms with Gasteiger partial charge in [-0.1, -0.05) is 24.3 Å². The Balaban J connectivity index is 1.74. The summed E-state index contributed by atoms with van der Waals surface area (Å²) in [6.45, 7) is 8.56. The van der Waals surface area contributed by atoms with Crippen LogP contribution < -0.4 is 0 Å². The van der Waals surface area contributed by atoms with E-state index in [0.717, 1.165) is 34.1 Å². The highest BCUT2D eigenvalue weighted by Gasteiger charge is 2.28. The maximum atomic E-state index is 13.2. The SMILES string of the molecule is Cc1c(C(=O)c2ccc(C3CC3)c(C)c2C)ccc(C2CC2)c1C. The van der Waals surface area contributed by atoms with E-state index in [1.165, 1.54) is 47.9 Å². The molecule has 1 nitrogen and oxygen atoms in total. The Morgan fingerprint density at radius 3 is 1.38 bits per heavy atom. The number of hydrogen-bond acceptors (Lipinski definition) is 1. The van der Waals surface area contributed by atoms with Gasteiger partial charge in [-0.15, -0.1) is 0 Å². The minimum atomic E-state index is 0.181. The summed E-state index contributed by atoms with van der Waals surface area (Å²) in [6.07, 6.45) is 5.20. The second kappa shape index (κ2) is 5.58. The molecule has 124 valence electrons. The predicted molar refractivity (Wildman–Crippen MR) is 99.2 cm³/mol. The molecule has 0 heterocycles. The molecule has 4 rings (SSSR count). The van der Waals surface area contributed by atoms with E-state index in [0.29, 0.717) is 0 Å². The first kappa shape index (κ1) is 15.6. The third-order valence-corrected chi connectivity index (χ3v) is 6.18. The van der Waals surface area contributed by atoms with Gasteiger partial charge in [-0.2, -0.15) is 0 Å². The smallest absolute Gasteiger partial charge is 0.193 e. The molecule has 0 spiro atoms. The van der Waals surface area contributed by atoms with Crippen LogP contribution in [0.2, 0.25) is 0 Å². The van der Waals surface area contributed by atoms with Crippen molar-refractivity contribution in [3.05, 3.63) is 68.8 Å². The van der Waals surface area contributed by atoms with Gasteiger partial charge in [-0.25, -0.2) is 0 Å². The zero-order valence-corrected chi connectivity index (χ0v) is 15.2. The van der Waals surface area contributed by atoms with Crippen LogP contribution in [0.1, 0.15) is 86.8 Å². The zero-order valence-electron chi connectivity index (χ0n) is 15.2. The van der Waals surface area contributed by atoms with Crippen molar-refractivity contribution in [3.63, 3.8) is 0 Å². The molecule has 0 N–H and O–H groups in total. The molecule has 0 amide bonds. The highest BCUT2D eigenvalue weighted by Crippen LogP contribution is 2.44. The lowest BCUT2D eigenvalue weighted by Gasteiger charge is -2.16. The molecule has 0 atom stereocenters. The fourth-order valence-electron chi connectivity index (χ4n) is 3.99. The summed E-state index contributed by atoms with van der Waals surface area (Å²) in [5, 5.41) is 0. The molecule has 1 heteroatoms. The molecule has 0 unspecified atom stereocenters.